The molecule has 0 radical (unpaired) electrons. The van der Waals surface area contributed by atoms with Crippen molar-refractivity contribution in [1.29, 1.82) is 0 Å². The molecule has 0 amide bonds. The molecule has 2 aromatic carbocycles. The first-order chi connectivity index (χ1) is 9.77. The summed E-state index contributed by atoms with van der Waals surface area (Å²) in [5, 5.41) is 0. The smallest absolute Gasteiger partial charge is 0.0238 e. The minimum absolute atomic E-state index is 1.20. The molecule has 0 unspecified atom stereocenters. The average molecular weight is 484 g/mol. The lowest BCUT2D eigenvalue weighted by atomic mass is 9.83. The van der Waals surface area contributed by atoms with Crippen molar-refractivity contribution in [1.82, 2.24) is 0 Å². The summed E-state index contributed by atoms with van der Waals surface area (Å²) >= 11 is 4.99. The molecule has 100 valence electrons. The lowest BCUT2D eigenvalue weighted by molar-refractivity contribution is 0.839. The van der Waals surface area contributed by atoms with Gasteiger partial charge in [-0.05, 0) is 80.3 Å². The van der Waals surface area contributed by atoms with Crippen molar-refractivity contribution in [3.63, 3.8) is 0 Å². The van der Waals surface area contributed by atoms with Gasteiger partial charge < -0.3 is 0 Å². The predicted octanol–water partition coefficient (Wildman–Crippen LogP) is 6.47. The van der Waals surface area contributed by atoms with Crippen LogP contribution in [0.3, 0.4) is 0 Å². The standard InChI is InChI=1S/C18H14I2/c19-17(13-7-3-1-4-8-13)15-11-12-16(15)18(20)14-9-5-2-6-10-14/h1-10H,11-12H2/b17-15-,18-16+. The number of hydrogen-bond donors (Lipinski definition) is 0. The maximum Gasteiger partial charge on any atom is 0.0238 e. The summed E-state index contributed by atoms with van der Waals surface area (Å²) in [7, 11) is 0. The van der Waals surface area contributed by atoms with Gasteiger partial charge in [0.2, 0.25) is 0 Å². The fraction of sp³-hybridized carbons (Fsp3) is 0.111. The van der Waals surface area contributed by atoms with Crippen LogP contribution in [0.2, 0.25) is 0 Å². The molecule has 20 heavy (non-hydrogen) atoms. The normalized spacial score (nSPS) is 19.3. The van der Waals surface area contributed by atoms with Crippen molar-refractivity contribution >= 4 is 52.3 Å². The number of benzene rings is 2. The van der Waals surface area contributed by atoms with E-state index in [1.807, 2.05) is 0 Å². The van der Waals surface area contributed by atoms with Crippen LogP contribution >= 0.6 is 45.2 Å². The van der Waals surface area contributed by atoms with Gasteiger partial charge in [-0.2, -0.15) is 0 Å². The first-order valence-corrected chi connectivity index (χ1v) is 8.81. The Morgan fingerprint density at radius 2 is 0.950 bits per heavy atom. The minimum atomic E-state index is 1.20. The van der Waals surface area contributed by atoms with Gasteiger partial charge in [-0.3, -0.25) is 0 Å². The van der Waals surface area contributed by atoms with Gasteiger partial charge in [-0.25, -0.2) is 0 Å². The molecule has 0 heterocycles. The second-order valence-electron chi connectivity index (χ2n) is 4.82. The van der Waals surface area contributed by atoms with E-state index in [0.717, 1.165) is 0 Å². The molecule has 1 fully saturated rings. The summed E-state index contributed by atoms with van der Waals surface area (Å²) in [5.74, 6) is 0. The first-order valence-electron chi connectivity index (χ1n) is 6.66. The molecule has 0 atom stereocenters. The van der Waals surface area contributed by atoms with Crippen LogP contribution in [0, 0.1) is 0 Å². The Labute approximate surface area is 147 Å². The van der Waals surface area contributed by atoms with Crippen LogP contribution in [-0.2, 0) is 0 Å². The van der Waals surface area contributed by atoms with Crippen LogP contribution in [0.5, 0.6) is 0 Å². The summed E-state index contributed by atoms with van der Waals surface area (Å²) in [6.45, 7) is 0. The maximum absolute atomic E-state index is 2.49. The van der Waals surface area contributed by atoms with Crippen LogP contribution < -0.4 is 0 Å². The molecule has 0 N–H and O–H groups in total. The fourth-order valence-corrected chi connectivity index (χ4v) is 4.29. The number of allylic oxidation sites excluding steroid dienone is 2. The van der Waals surface area contributed by atoms with Crippen molar-refractivity contribution in [2.45, 2.75) is 12.8 Å². The van der Waals surface area contributed by atoms with E-state index in [1.165, 1.54) is 42.3 Å². The van der Waals surface area contributed by atoms with Crippen molar-refractivity contribution < 1.29 is 0 Å². The number of hydrogen-bond acceptors (Lipinski definition) is 0. The van der Waals surface area contributed by atoms with E-state index >= 15 is 0 Å². The van der Waals surface area contributed by atoms with Gasteiger partial charge in [0.25, 0.3) is 0 Å². The van der Waals surface area contributed by atoms with E-state index in [1.54, 1.807) is 0 Å². The summed E-state index contributed by atoms with van der Waals surface area (Å²) in [4.78, 5) is 0. The lowest BCUT2D eigenvalue weighted by Crippen LogP contribution is -2.06. The Bertz CT molecular complexity index is 606. The minimum Gasteiger partial charge on any atom is -0.0622 e. The van der Waals surface area contributed by atoms with Crippen LogP contribution in [-0.4, -0.2) is 0 Å². The molecule has 0 nitrogen and oxygen atoms in total. The van der Waals surface area contributed by atoms with Gasteiger partial charge in [0, 0.05) is 7.16 Å². The van der Waals surface area contributed by atoms with Crippen molar-refractivity contribution in [3.05, 3.63) is 82.9 Å². The second kappa shape index (κ2) is 6.43. The molecular weight excluding hydrogens is 470 g/mol. The largest absolute Gasteiger partial charge is 0.0622 e. The molecule has 1 saturated carbocycles. The van der Waals surface area contributed by atoms with Gasteiger partial charge in [0.15, 0.2) is 0 Å². The molecular formula is C18H14I2. The number of rotatable bonds is 2. The summed E-state index contributed by atoms with van der Waals surface area (Å²) < 4.78 is 2.80. The SMILES string of the molecule is I/C(=C1/CC/C1=C(\I)c1ccccc1)c1ccccc1. The summed E-state index contributed by atoms with van der Waals surface area (Å²) in [6, 6.07) is 21.4. The molecule has 1 aliphatic carbocycles. The molecule has 0 saturated heterocycles. The highest BCUT2D eigenvalue weighted by atomic mass is 127. The molecule has 0 aromatic heterocycles. The molecule has 2 heteroatoms. The fourth-order valence-electron chi connectivity index (χ4n) is 2.38. The zero-order chi connectivity index (χ0) is 13.9. The maximum atomic E-state index is 2.49. The second-order valence-corrected chi connectivity index (χ2v) is 6.97. The van der Waals surface area contributed by atoms with Crippen molar-refractivity contribution in [2.75, 3.05) is 0 Å². The Hall–Kier alpha value is -0.620. The van der Waals surface area contributed by atoms with Gasteiger partial charge in [0.05, 0.1) is 0 Å². The van der Waals surface area contributed by atoms with E-state index in [4.69, 9.17) is 0 Å². The average Bonchev–Trinajstić information content (AvgIpc) is 2.48. The van der Waals surface area contributed by atoms with Crippen LogP contribution in [0.25, 0.3) is 7.16 Å². The van der Waals surface area contributed by atoms with Crippen molar-refractivity contribution in [2.24, 2.45) is 0 Å². The van der Waals surface area contributed by atoms with Crippen LogP contribution in [0.1, 0.15) is 24.0 Å². The summed E-state index contributed by atoms with van der Waals surface area (Å²) in [5.41, 5.74) is 5.70. The molecule has 1 aliphatic rings. The van der Waals surface area contributed by atoms with E-state index < -0.39 is 0 Å². The van der Waals surface area contributed by atoms with E-state index in [0.29, 0.717) is 0 Å². The zero-order valence-electron chi connectivity index (χ0n) is 10.9. The Balaban J connectivity index is 2.01. The van der Waals surface area contributed by atoms with Gasteiger partial charge in [0.1, 0.15) is 0 Å². The highest BCUT2D eigenvalue weighted by molar-refractivity contribution is 14.1. The van der Waals surface area contributed by atoms with E-state index in [2.05, 4.69) is 106 Å². The van der Waals surface area contributed by atoms with Crippen LogP contribution in [0.4, 0.5) is 0 Å². The van der Waals surface area contributed by atoms with Crippen LogP contribution in [0.15, 0.2) is 71.8 Å². The Morgan fingerprint density at radius 3 is 1.25 bits per heavy atom. The highest BCUT2D eigenvalue weighted by Crippen LogP contribution is 2.46. The third kappa shape index (κ3) is 2.86. The topological polar surface area (TPSA) is 0 Å². The molecule has 0 spiro atoms. The Morgan fingerprint density at radius 1 is 0.600 bits per heavy atom. The van der Waals surface area contributed by atoms with E-state index in [9.17, 15) is 0 Å². The van der Waals surface area contributed by atoms with E-state index in [-0.39, 0.29) is 0 Å². The van der Waals surface area contributed by atoms with Gasteiger partial charge in [-0.1, -0.05) is 60.7 Å². The van der Waals surface area contributed by atoms with Gasteiger partial charge >= 0.3 is 0 Å². The predicted molar refractivity (Wildman–Crippen MR) is 104 cm³/mol. The third-order valence-electron chi connectivity index (χ3n) is 3.57. The highest BCUT2D eigenvalue weighted by Gasteiger charge is 2.23. The van der Waals surface area contributed by atoms with Gasteiger partial charge in [-0.15, -0.1) is 0 Å². The first kappa shape index (κ1) is 14.3. The molecule has 3 rings (SSSR count). The molecule has 2 aromatic rings. The van der Waals surface area contributed by atoms with Crippen molar-refractivity contribution in [3.8, 4) is 0 Å². The quantitative estimate of drug-likeness (QED) is 0.429. The molecule has 0 bridgehead atoms. The number of halogens is 2. The molecule has 0 aliphatic heterocycles. The zero-order valence-corrected chi connectivity index (χ0v) is 15.3. The lowest BCUT2D eigenvalue weighted by Gasteiger charge is -2.26. The Kier molecular flexibility index (Phi) is 4.61. The monoisotopic (exact) mass is 484 g/mol. The summed E-state index contributed by atoms with van der Waals surface area (Å²) in [6.07, 6.45) is 2.39. The third-order valence-corrected chi connectivity index (χ3v) is 6.12.